The summed E-state index contributed by atoms with van der Waals surface area (Å²) < 4.78 is 16.1. The molecule has 0 bridgehead atoms. The number of ether oxygens (including phenoxy) is 3. The lowest BCUT2D eigenvalue weighted by molar-refractivity contribution is 0.369. The lowest BCUT2D eigenvalue weighted by atomic mass is 10.1. The predicted molar refractivity (Wildman–Crippen MR) is 84.6 cm³/mol. The average molecular weight is 287 g/mol. The van der Waals surface area contributed by atoms with Crippen molar-refractivity contribution >= 4 is 5.69 Å². The summed E-state index contributed by atoms with van der Waals surface area (Å²) in [6.07, 6.45) is 0. The Kier molecular flexibility index (Phi) is 4.93. The number of anilines is 1. The molecule has 4 nitrogen and oxygen atoms in total. The summed E-state index contributed by atoms with van der Waals surface area (Å²) in [6, 6.07) is 11.9. The average Bonchev–Trinajstić information content (AvgIpc) is 2.52. The van der Waals surface area contributed by atoms with E-state index >= 15 is 0 Å². The minimum Gasteiger partial charge on any atom is -0.496 e. The first kappa shape index (κ1) is 15.0. The first-order valence-electron chi connectivity index (χ1n) is 6.77. The Bertz CT molecular complexity index is 586. The maximum atomic E-state index is 5.44. The lowest BCUT2D eigenvalue weighted by Crippen LogP contribution is -2.05. The van der Waals surface area contributed by atoms with E-state index in [9.17, 15) is 0 Å². The van der Waals surface area contributed by atoms with E-state index in [1.165, 1.54) is 5.56 Å². The second kappa shape index (κ2) is 6.88. The maximum Gasteiger partial charge on any atom is 0.131 e. The summed E-state index contributed by atoms with van der Waals surface area (Å²) in [4.78, 5) is 0. The molecule has 4 heteroatoms. The summed E-state index contributed by atoms with van der Waals surface area (Å²) in [7, 11) is 4.91. The van der Waals surface area contributed by atoms with Gasteiger partial charge in [0.05, 0.1) is 26.9 Å². The minimum atomic E-state index is 0.611. The van der Waals surface area contributed by atoms with E-state index in [1.807, 2.05) is 24.3 Å². The van der Waals surface area contributed by atoms with Gasteiger partial charge >= 0.3 is 0 Å². The molecule has 0 aliphatic heterocycles. The molecule has 0 fully saturated rings. The van der Waals surface area contributed by atoms with Gasteiger partial charge in [-0.25, -0.2) is 0 Å². The van der Waals surface area contributed by atoms with Gasteiger partial charge in [0.1, 0.15) is 17.2 Å². The Morgan fingerprint density at radius 1 is 0.905 bits per heavy atom. The van der Waals surface area contributed by atoms with Gasteiger partial charge in [0.25, 0.3) is 0 Å². The molecule has 0 saturated carbocycles. The Balaban J connectivity index is 2.26. The van der Waals surface area contributed by atoms with Crippen LogP contribution in [0.3, 0.4) is 0 Å². The zero-order valence-electron chi connectivity index (χ0n) is 12.9. The van der Waals surface area contributed by atoms with Crippen LogP contribution in [0, 0.1) is 6.92 Å². The van der Waals surface area contributed by atoms with Gasteiger partial charge in [0.15, 0.2) is 0 Å². The predicted octanol–water partition coefficient (Wildman–Crippen LogP) is 3.63. The number of benzene rings is 2. The fraction of sp³-hybridized carbons (Fsp3) is 0.294. The first-order valence-corrected chi connectivity index (χ1v) is 6.77. The smallest absolute Gasteiger partial charge is 0.131 e. The van der Waals surface area contributed by atoms with E-state index in [0.29, 0.717) is 12.3 Å². The maximum absolute atomic E-state index is 5.44. The van der Waals surface area contributed by atoms with Crippen LogP contribution in [0.1, 0.15) is 11.1 Å². The first-order chi connectivity index (χ1) is 10.2. The zero-order valence-corrected chi connectivity index (χ0v) is 12.9. The molecule has 0 amide bonds. The van der Waals surface area contributed by atoms with Crippen molar-refractivity contribution in [2.24, 2.45) is 0 Å². The van der Waals surface area contributed by atoms with E-state index in [0.717, 1.165) is 22.7 Å². The Morgan fingerprint density at radius 2 is 1.57 bits per heavy atom. The highest BCUT2D eigenvalue weighted by molar-refractivity contribution is 5.53. The molecule has 1 N–H and O–H groups in total. The fourth-order valence-electron chi connectivity index (χ4n) is 2.20. The van der Waals surface area contributed by atoms with E-state index < -0.39 is 0 Å². The largest absolute Gasteiger partial charge is 0.496 e. The van der Waals surface area contributed by atoms with Crippen LogP contribution < -0.4 is 19.5 Å². The van der Waals surface area contributed by atoms with Gasteiger partial charge in [0.2, 0.25) is 0 Å². The van der Waals surface area contributed by atoms with Gasteiger partial charge in [-0.15, -0.1) is 0 Å². The molecule has 112 valence electrons. The lowest BCUT2D eigenvalue weighted by Gasteiger charge is -2.16. The third-order valence-corrected chi connectivity index (χ3v) is 3.30. The normalized spacial score (nSPS) is 10.1. The summed E-state index contributed by atoms with van der Waals surface area (Å²) in [5.41, 5.74) is 3.24. The van der Waals surface area contributed by atoms with E-state index in [4.69, 9.17) is 14.2 Å². The highest BCUT2D eigenvalue weighted by atomic mass is 16.5. The van der Waals surface area contributed by atoms with Gasteiger partial charge in [-0.2, -0.15) is 0 Å². The molecular formula is C17H21NO3. The van der Waals surface area contributed by atoms with E-state index in [1.54, 1.807) is 21.3 Å². The second-order valence-corrected chi connectivity index (χ2v) is 4.73. The number of hydrogen-bond acceptors (Lipinski definition) is 4. The van der Waals surface area contributed by atoms with Crippen LogP contribution in [0.25, 0.3) is 0 Å². The third-order valence-electron chi connectivity index (χ3n) is 3.30. The SMILES string of the molecule is COc1cc(OC)c(CNc2cccc(C)c2)c(OC)c1. The molecular weight excluding hydrogens is 266 g/mol. The third kappa shape index (κ3) is 3.60. The number of aryl methyl sites for hydroxylation is 1. The summed E-state index contributed by atoms with van der Waals surface area (Å²) in [5.74, 6) is 2.20. The van der Waals surface area contributed by atoms with Gasteiger partial charge in [-0.3, -0.25) is 0 Å². The number of nitrogens with one attached hydrogen (secondary N) is 1. The van der Waals surface area contributed by atoms with Crippen LogP contribution in [-0.4, -0.2) is 21.3 Å². The van der Waals surface area contributed by atoms with Gasteiger partial charge < -0.3 is 19.5 Å². The molecule has 0 heterocycles. The molecule has 2 aromatic carbocycles. The molecule has 0 aliphatic carbocycles. The molecule has 0 unspecified atom stereocenters. The zero-order chi connectivity index (χ0) is 15.2. The summed E-state index contributed by atoms with van der Waals surface area (Å²) in [6.45, 7) is 2.68. The van der Waals surface area contributed by atoms with Crippen LogP contribution >= 0.6 is 0 Å². The van der Waals surface area contributed by atoms with Crippen LogP contribution in [0.15, 0.2) is 36.4 Å². The number of rotatable bonds is 6. The second-order valence-electron chi connectivity index (χ2n) is 4.73. The molecule has 0 saturated heterocycles. The van der Waals surface area contributed by atoms with E-state index in [2.05, 4.69) is 24.4 Å². The molecule has 0 spiro atoms. The fourth-order valence-corrected chi connectivity index (χ4v) is 2.20. The van der Waals surface area contributed by atoms with Gasteiger partial charge in [-0.1, -0.05) is 12.1 Å². The molecule has 0 aromatic heterocycles. The topological polar surface area (TPSA) is 39.7 Å². The molecule has 2 aromatic rings. The van der Waals surface area contributed by atoms with Crippen molar-refractivity contribution in [3.05, 3.63) is 47.5 Å². The van der Waals surface area contributed by atoms with Crippen LogP contribution in [0.4, 0.5) is 5.69 Å². The molecule has 0 aliphatic rings. The van der Waals surface area contributed by atoms with Crippen molar-refractivity contribution < 1.29 is 14.2 Å². The Hall–Kier alpha value is -2.36. The van der Waals surface area contributed by atoms with Crippen LogP contribution in [-0.2, 0) is 6.54 Å². The highest BCUT2D eigenvalue weighted by Gasteiger charge is 2.13. The quantitative estimate of drug-likeness (QED) is 0.880. The van der Waals surface area contributed by atoms with Crippen molar-refractivity contribution in [3.8, 4) is 17.2 Å². The molecule has 2 rings (SSSR count). The monoisotopic (exact) mass is 287 g/mol. The van der Waals surface area contributed by atoms with Crippen molar-refractivity contribution in [2.45, 2.75) is 13.5 Å². The molecule has 21 heavy (non-hydrogen) atoms. The number of methoxy groups -OCH3 is 3. The van der Waals surface area contributed by atoms with Gasteiger partial charge in [-0.05, 0) is 24.6 Å². The van der Waals surface area contributed by atoms with Gasteiger partial charge in [0, 0.05) is 24.4 Å². The highest BCUT2D eigenvalue weighted by Crippen LogP contribution is 2.34. The van der Waals surface area contributed by atoms with Crippen molar-refractivity contribution in [3.63, 3.8) is 0 Å². The van der Waals surface area contributed by atoms with E-state index in [-0.39, 0.29) is 0 Å². The minimum absolute atomic E-state index is 0.611. The van der Waals surface area contributed by atoms with Crippen molar-refractivity contribution in [1.29, 1.82) is 0 Å². The Labute approximate surface area is 125 Å². The number of hydrogen-bond donors (Lipinski definition) is 1. The molecule has 0 atom stereocenters. The van der Waals surface area contributed by atoms with Crippen LogP contribution in [0.5, 0.6) is 17.2 Å². The van der Waals surface area contributed by atoms with Crippen molar-refractivity contribution in [2.75, 3.05) is 26.6 Å². The summed E-state index contributed by atoms with van der Waals surface area (Å²) >= 11 is 0. The Morgan fingerprint density at radius 3 is 2.10 bits per heavy atom. The molecule has 0 radical (unpaired) electrons. The van der Waals surface area contributed by atoms with Crippen molar-refractivity contribution in [1.82, 2.24) is 0 Å². The summed E-state index contributed by atoms with van der Waals surface area (Å²) in [5, 5.41) is 3.39. The van der Waals surface area contributed by atoms with Crippen LogP contribution in [0.2, 0.25) is 0 Å². The standard InChI is InChI=1S/C17H21NO3/c1-12-6-5-7-13(8-12)18-11-15-16(20-3)9-14(19-2)10-17(15)21-4/h5-10,18H,11H2,1-4H3.